The summed E-state index contributed by atoms with van der Waals surface area (Å²) >= 11 is 0. The van der Waals surface area contributed by atoms with Crippen LogP contribution in [0.4, 0.5) is 5.69 Å². The number of hydrazine groups is 1. The van der Waals surface area contributed by atoms with Gasteiger partial charge in [-0.2, -0.15) is 0 Å². The van der Waals surface area contributed by atoms with Crippen molar-refractivity contribution in [1.29, 1.82) is 0 Å². The molecule has 0 atom stereocenters. The second-order valence-electron chi connectivity index (χ2n) is 7.73. The highest BCUT2D eigenvalue weighted by atomic mass is 16.2. The minimum absolute atomic E-state index is 0.170. The second-order valence-corrected chi connectivity index (χ2v) is 7.73. The normalized spacial score (nSPS) is 14.3. The van der Waals surface area contributed by atoms with Crippen molar-refractivity contribution in [1.82, 2.24) is 10.9 Å². The maximum absolute atomic E-state index is 12.4. The molecule has 1 fully saturated rings. The lowest BCUT2D eigenvalue weighted by Gasteiger charge is -2.22. The van der Waals surface area contributed by atoms with E-state index in [1.54, 1.807) is 0 Å². The lowest BCUT2D eigenvalue weighted by Crippen LogP contribution is -2.35. The first kappa shape index (κ1) is 21.0. The molecule has 2 aromatic carbocycles. The van der Waals surface area contributed by atoms with E-state index < -0.39 is 0 Å². The van der Waals surface area contributed by atoms with E-state index in [4.69, 9.17) is 0 Å². The smallest absolute Gasteiger partial charge is 0.269 e. The van der Waals surface area contributed by atoms with Gasteiger partial charge in [-0.25, -0.2) is 0 Å². The number of amides is 1. The summed E-state index contributed by atoms with van der Waals surface area (Å²) in [7, 11) is 0. The largest absolute Gasteiger partial charge is 0.372 e. The Bertz CT molecular complexity index is 801. The minimum Gasteiger partial charge on any atom is -0.372 e. The van der Waals surface area contributed by atoms with Gasteiger partial charge in [-0.3, -0.25) is 15.6 Å². The van der Waals surface area contributed by atoms with Gasteiger partial charge in [-0.05, 0) is 68.0 Å². The first-order chi connectivity index (χ1) is 14.1. The summed E-state index contributed by atoms with van der Waals surface area (Å²) in [5, 5.41) is 0. The van der Waals surface area contributed by atoms with E-state index in [1.165, 1.54) is 37.7 Å². The Hall–Kier alpha value is -2.75. The predicted octanol–water partition coefficient (Wildman–Crippen LogP) is 5.49. The molecule has 3 rings (SSSR count). The maximum Gasteiger partial charge on any atom is 0.269 e. The van der Waals surface area contributed by atoms with E-state index in [0.717, 1.165) is 24.3 Å². The minimum atomic E-state index is -0.170. The molecule has 0 heterocycles. The monoisotopic (exact) mass is 391 g/mol. The molecule has 1 saturated carbocycles. The molecule has 1 amide bonds. The SMILES string of the molecule is C=C(NNC(=O)c1ccc(N(CC)CC)cc1)c1ccc(C2CCCCC2)cc1. The van der Waals surface area contributed by atoms with Crippen LogP contribution < -0.4 is 15.8 Å². The van der Waals surface area contributed by atoms with Crippen LogP contribution in [-0.4, -0.2) is 19.0 Å². The molecule has 0 saturated heterocycles. The van der Waals surface area contributed by atoms with Crippen molar-refractivity contribution < 1.29 is 4.79 Å². The Morgan fingerprint density at radius 2 is 1.48 bits per heavy atom. The van der Waals surface area contributed by atoms with Gasteiger partial charge in [0.1, 0.15) is 0 Å². The van der Waals surface area contributed by atoms with Gasteiger partial charge in [0, 0.05) is 24.3 Å². The zero-order valence-corrected chi connectivity index (χ0v) is 17.7. The first-order valence-corrected chi connectivity index (χ1v) is 10.8. The molecule has 0 unspecified atom stereocenters. The third-order valence-corrected chi connectivity index (χ3v) is 5.92. The number of hydrogen-bond acceptors (Lipinski definition) is 3. The number of nitrogens with one attached hydrogen (secondary N) is 2. The first-order valence-electron chi connectivity index (χ1n) is 10.8. The fraction of sp³-hybridized carbons (Fsp3) is 0.400. The van der Waals surface area contributed by atoms with Crippen molar-refractivity contribution in [2.45, 2.75) is 51.9 Å². The number of carbonyl (C=O) groups is 1. The molecule has 0 radical (unpaired) electrons. The van der Waals surface area contributed by atoms with Crippen molar-refractivity contribution >= 4 is 17.3 Å². The van der Waals surface area contributed by atoms with Crippen LogP contribution in [0.25, 0.3) is 5.70 Å². The lowest BCUT2D eigenvalue weighted by molar-refractivity contribution is 0.0942. The van der Waals surface area contributed by atoms with Gasteiger partial charge in [-0.1, -0.05) is 50.1 Å². The van der Waals surface area contributed by atoms with Crippen LogP contribution in [0.3, 0.4) is 0 Å². The molecule has 0 aliphatic heterocycles. The standard InChI is InChI=1S/C25H33N3O/c1-4-28(5-2)24-17-15-23(16-18-24)25(29)27-26-19(3)20-11-13-22(14-12-20)21-9-7-6-8-10-21/h11-18,21,26H,3-10H2,1-2H3,(H,27,29). The lowest BCUT2D eigenvalue weighted by atomic mass is 9.84. The summed E-state index contributed by atoms with van der Waals surface area (Å²) in [6, 6.07) is 16.3. The Labute approximate surface area is 175 Å². The van der Waals surface area contributed by atoms with Crippen LogP contribution in [0.1, 0.15) is 73.4 Å². The average molecular weight is 392 g/mol. The van der Waals surface area contributed by atoms with Gasteiger partial charge in [0.05, 0.1) is 5.70 Å². The summed E-state index contributed by atoms with van der Waals surface area (Å²) in [6.45, 7) is 10.2. The molecule has 1 aliphatic carbocycles. The number of nitrogens with zero attached hydrogens (tertiary/aromatic N) is 1. The summed E-state index contributed by atoms with van der Waals surface area (Å²) in [4.78, 5) is 14.7. The van der Waals surface area contributed by atoms with Gasteiger partial charge < -0.3 is 4.90 Å². The molecule has 4 nitrogen and oxygen atoms in total. The summed E-state index contributed by atoms with van der Waals surface area (Å²) in [5.74, 6) is 0.522. The van der Waals surface area contributed by atoms with E-state index >= 15 is 0 Å². The van der Waals surface area contributed by atoms with Crippen molar-refractivity contribution in [2.75, 3.05) is 18.0 Å². The van der Waals surface area contributed by atoms with Crippen molar-refractivity contribution in [3.05, 3.63) is 71.8 Å². The molecule has 4 heteroatoms. The van der Waals surface area contributed by atoms with Crippen LogP contribution in [0, 0.1) is 0 Å². The Morgan fingerprint density at radius 3 is 2.07 bits per heavy atom. The van der Waals surface area contributed by atoms with Crippen molar-refractivity contribution in [3.63, 3.8) is 0 Å². The average Bonchev–Trinajstić information content (AvgIpc) is 2.79. The van der Waals surface area contributed by atoms with Gasteiger partial charge >= 0.3 is 0 Å². The number of hydrogen-bond donors (Lipinski definition) is 2. The highest BCUT2D eigenvalue weighted by Crippen LogP contribution is 2.32. The van der Waals surface area contributed by atoms with Crippen LogP contribution in [-0.2, 0) is 0 Å². The zero-order valence-electron chi connectivity index (χ0n) is 17.7. The fourth-order valence-electron chi connectivity index (χ4n) is 4.08. The molecule has 29 heavy (non-hydrogen) atoms. The summed E-state index contributed by atoms with van der Waals surface area (Å²) in [5.41, 5.74) is 10.5. The van der Waals surface area contributed by atoms with E-state index in [-0.39, 0.29) is 5.91 Å². The Morgan fingerprint density at radius 1 is 0.897 bits per heavy atom. The van der Waals surface area contributed by atoms with Gasteiger partial charge in [-0.15, -0.1) is 0 Å². The predicted molar refractivity (Wildman–Crippen MR) is 122 cm³/mol. The third kappa shape index (κ3) is 5.41. The van der Waals surface area contributed by atoms with Crippen LogP contribution in [0.15, 0.2) is 55.1 Å². The third-order valence-electron chi connectivity index (χ3n) is 5.92. The fourth-order valence-corrected chi connectivity index (χ4v) is 4.08. The zero-order chi connectivity index (χ0) is 20.6. The van der Waals surface area contributed by atoms with Gasteiger partial charge in [0.2, 0.25) is 0 Å². The molecule has 0 aromatic heterocycles. The van der Waals surface area contributed by atoms with Crippen molar-refractivity contribution in [2.24, 2.45) is 0 Å². The van der Waals surface area contributed by atoms with Crippen molar-refractivity contribution in [3.8, 4) is 0 Å². The number of anilines is 1. The molecule has 2 N–H and O–H groups in total. The summed E-state index contributed by atoms with van der Waals surface area (Å²) in [6.07, 6.45) is 6.63. The molecule has 0 spiro atoms. The van der Waals surface area contributed by atoms with E-state index in [1.807, 2.05) is 24.3 Å². The molecule has 0 bridgehead atoms. The molecular weight excluding hydrogens is 358 g/mol. The topological polar surface area (TPSA) is 44.4 Å². The molecular formula is C25H33N3O. The van der Waals surface area contributed by atoms with Crippen LogP contribution in [0.5, 0.6) is 0 Å². The van der Waals surface area contributed by atoms with Gasteiger partial charge in [0.25, 0.3) is 5.91 Å². The highest BCUT2D eigenvalue weighted by molar-refractivity contribution is 5.94. The quantitative estimate of drug-likeness (QED) is 0.585. The maximum atomic E-state index is 12.4. The number of carbonyl (C=O) groups excluding carboxylic acids is 1. The second kappa shape index (κ2) is 10.1. The van der Waals surface area contributed by atoms with Crippen LogP contribution >= 0.6 is 0 Å². The van der Waals surface area contributed by atoms with Gasteiger partial charge in [0.15, 0.2) is 0 Å². The Kier molecular flexibility index (Phi) is 7.34. The Balaban J connectivity index is 1.53. The molecule has 154 valence electrons. The summed E-state index contributed by atoms with van der Waals surface area (Å²) < 4.78 is 0. The molecule has 2 aromatic rings. The molecule has 1 aliphatic rings. The van der Waals surface area contributed by atoms with E-state index in [9.17, 15) is 4.79 Å². The van der Waals surface area contributed by atoms with E-state index in [0.29, 0.717) is 17.2 Å². The number of rotatable bonds is 8. The highest BCUT2D eigenvalue weighted by Gasteiger charge is 2.15. The van der Waals surface area contributed by atoms with E-state index in [2.05, 4.69) is 60.4 Å². The number of benzene rings is 2. The van der Waals surface area contributed by atoms with Crippen LogP contribution in [0.2, 0.25) is 0 Å².